The molecule has 0 saturated carbocycles. The number of nitrogens with zero attached hydrogens (tertiary/aromatic N) is 2. The van der Waals surface area contributed by atoms with Gasteiger partial charge in [-0.3, -0.25) is 15.5 Å². The van der Waals surface area contributed by atoms with Crippen molar-refractivity contribution >= 4 is 33.5 Å². The van der Waals surface area contributed by atoms with E-state index in [0.29, 0.717) is 23.8 Å². The topological polar surface area (TPSA) is 86.0 Å². The Morgan fingerprint density at radius 2 is 1.79 bits per heavy atom. The van der Waals surface area contributed by atoms with Crippen LogP contribution < -0.4 is 14.9 Å². The van der Waals surface area contributed by atoms with E-state index in [2.05, 4.69) is 26.5 Å². The van der Waals surface area contributed by atoms with E-state index in [0.717, 1.165) is 15.6 Å². The Balaban J connectivity index is 1.62. The lowest BCUT2D eigenvalue weighted by molar-refractivity contribution is -0.384. The highest BCUT2D eigenvalue weighted by Crippen LogP contribution is 2.28. The van der Waals surface area contributed by atoms with Crippen molar-refractivity contribution in [3.8, 4) is 11.5 Å². The highest BCUT2D eigenvalue weighted by molar-refractivity contribution is 9.10. The van der Waals surface area contributed by atoms with Gasteiger partial charge in [-0.05, 0) is 53.6 Å². The number of halogens is 1. The number of hydrogen-bond donors (Lipinski definition) is 1. The molecule has 0 aromatic heterocycles. The second-order valence-corrected chi connectivity index (χ2v) is 6.92. The lowest BCUT2D eigenvalue weighted by Gasteiger charge is -2.11. The van der Waals surface area contributed by atoms with Gasteiger partial charge in [-0.1, -0.05) is 28.1 Å². The number of nitro groups is 1. The smallest absolute Gasteiger partial charge is 0.269 e. The van der Waals surface area contributed by atoms with Crippen LogP contribution in [-0.2, 0) is 6.61 Å². The van der Waals surface area contributed by atoms with Gasteiger partial charge in [-0.15, -0.1) is 0 Å². The van der Waals surface area contributed by atoms with Crippen molar-refractivity contribution < 1.29 is 14.4 Å². The van der Waals surface area contributed by atoms with Gasteiger partial charge in [-0.2, -0.15) is 5.10 Å². The van der Waals surface area contributed by atoms with Crippen LogP contribution in [0.5, 0.6) is 11.5 Å². The first-order chi connectivity index (χ1) is 14.0. The first-order valence-corrected chi connectivity index (χ1v) is 9.43. The maximum absolute atomic E-state index is 10.7. The number of hydrazone groups is 1. The molecule has 0 amide bonds. The number of nitro benzene ring substituents is 1. The van der Waals surface area contributed by atoms with Gasteiger partial charge in [0.25, 0.3) is 5.69 Å². The molecule has 0 unspecified atom stereocenters. The Kier molecular flexibility index (Phi) is 6.80. The normalized spacial score (nSPS) is 10.7. The maximum Gasteiger partial charge on any atom is 0.269 e. The molecule has 29 heavy (non-hydrogen) atoms. The quantitative estimate of drug-likeness (QED) is 0.279. The van der Waals surface area contributed by atoms with Gasteiger partial charge in [0, 0.05) is 16.6 Å². The van der Waals surface area contributed by atoms with Crippen LogP contribution in [0.4, 0.5) is 11.4 Å². The summed E-state index contributed by atoms with van der Waals surface area (Å²) in [6.07, 6.45) is 1.63. The lowest BCUT2D eigenvalue weighted by Crippen LogP contribution is -1.98. The molecule has 0 atom stereocenters. The summed E-state index contributed by atoms with van der Waals surface area (Å²) in [7, 11) is 1.58. The van der Waals surface area contributed by atoms with Gasteiger partial charge in [0.05, 0.1) is 23.9 Å². The van der Waals surface area contributed by atoms with Crippen LogP contribution in [0, 0.1) is 10.1 Å². The average Bonchev–Trinajstić information content (AvgIpc) is 2.74. The number of hydrogen-bond acceptors (Lipinski definition) is 6. The monoisotopic (exact) mass is 455 g/mol. The number of benzene rings is 3. The van der Waals surface area contributed by atoms with E-state index in [1.807, 2.05) is 42.5 Å². The molecule has 0 aliphatic rings. The number of methoxy groups -OCH3 is 1. The van der Waals surface area contributed by atoms with E-state index < -0.39 is 4.92 Å². The average molecular weight is 456 g/mol. The Hall–Kier alpha value is -3.39. The van der Waals surface area contributed by atoms with Crippen LogP contribution in [0.2, 0.25) is 0 Å². The minimum absolute atomic E-state index is 0.0305. The molecule has 3 rings (SSSR count). The van der Waals surface area contributed by atoms with Gasteiger partial charge in [0.15, 0.2) is 11.5 Å². The number of anilines is 1. The van der Waals surface area contributed by atoms with Gasteiger partial charge in [0.2, 0.25) is 0 Å². The SMILES string of the molecule is COc1cc(C=NNc2ccc([N+](=O)[O-])cc2)ccc1OCc1ccc(Br)cc1. The van der Waals surface area contributed by atoms with Gasteiger partial charge in [0.1, 0.15) is 6.61 Å². The van der Waals surface area contributed by atoms with Crippen LogP contribution >= 0.6 is 15.9 Å². The van der Waals surface area contributed by atoms with Crippen molar-refractivity contribution in [3.05, 3.63) is 92.4 Å². The molecule has 0 aliphatic heterocycles. The van der Waals surface area contributed by atoms with Crippen LogP contribution in [-0.4, -0.2) is 18.2 Å². The summed E-state index contributed by atoms with van der Waals surface area (Å²) in [5.41, 5.74) is 5.37. The molecule has 0 bridgehead atoms. The van der Waals surface area contributed by atoms with Gasteiger partial charge < -0.3 is 9.47 Å². The first-order valence-electron chi connectivity index (χ1n) is 8.64. The third-order valence-corrected chi connectivity index (χ3v) is 4.51. The molecule has 3 aromatic rings. The molecule has 0 fully saturated rings. The fourth-order valence-corrected chi connectivity index (χ4v) is 2.73. The standard InChI is InChI=1S/C21H18BrN3O4/c1-28-21-12-16(13-23-24-18-7-9-19(10-8-18)25(26)27)4-11-20(21)29-14-15-2-5-17(22)6-3-15/h2-13,24H,14H2,1H3. The molecular formula is C21H18BrN3O4. The number of non-ortho nitro benzene ring substituents is 1. The molecule has 1 N–H and O–H groups in total. The van der Waals surface area contributed by atoms with Crippen LogP contribution in [0.1, 0.15) is 11.1 Å². The van der Waals surface area contributed by atoms with E-state index in [-0.39, 0.29) is 5.69 Å². The Labute approximate surface area is 176 Å². The maximum atomic E-state index is 10.7. The van der Waals surface area contributed by atoms with Gasteiger partial charge in [-0.25, -0.2) is 0 Å². The molecule has 0 saturated heterocycles. The van der Waals surface area contributed by atoms with E-state index in [1.165, 1.54) is 12.1 Å². The van der Waals surface area contributed by atoms with Crippen molar-refractivity contribution in [2.45, 2.75) is 6.61 Å². The highest BCUT2D eigenvalue weighted by atomic mass is 79.9. The van der Waals surface area contributed by atoms with Crippen LogP contribution in [0.3, 0.4) is 0 Å². The van der Waals surface area contributed by atoms with Crippen molar-refractivity contribution in [1.82, 2.24) is 0 Å². The fourth-order valence-electron chi connectivity index (χ4n) is 2.46. The largest absolute Gasteiger partial charge is 0.493 e. The summed E-state index contributed by atoms with van der Waals surface area (Å²) in [6, 6.07) is 19.4. The van der Waals surface area contributed by atoms with E-state index >= 15 is 0 Å². The molecular weight excluding hydrogens is 438 g/mol. The summed E-state index contributed by atoms with van der Waals surface area (Å²) in [5.74, 6) is 1.23. The predicted octanol–water partition coefficient (Wildman–Crippen LogP) is 5.39. The third-order valence-electron chi connectivity index (χ3n) is 3.98. The highest BCUT2D eigenvalue weighted by Gasteiger charge is 2.06. The van der Waals surface area contributed by atoms with E-state index in [4.69, 9.17) is 9.47 Å². The molecule has 0 spiro atoms. The zero-order valence-electron chi connectivity index (χ0n) is 15.5. The second-order valence-electron chi connectivity index (χ2n) is 6.00. The van der Waals surface area contributed by atoms with Crippen molar-refractivity contribution in [2.75, 3.05) is 12.5 Å². The minimum Gasteiger partial charge on any atom is -0.493 e. The lowest BCUT2D eigenvalue weighted by atomic mass is 10.2. The molecule has 7 nitrogen and oxygen atoms in total. The van der Waals surface area contributed by atoms with Crippen molar-refractivity contribution in [2.24, 2.45) is 5.10 Å². The van der Waals surface area contributed by atoms with E-state index in [9.17, 15) is 10.1 Å². The first kappa shape index (κ1) is 20.3. The zero-order chi connectivity index (χ0) is 20.6. The molecule has 3 aromatic carbocycles. The van der Waals surface area contributed by atoms with E-state index in [1.54, 1.807) is 25.5 Å². The summed E-state index contributed by atoms with van der Waals surface area (Å²) in [4.78, 5) is 10.2. The molecule has 0 aliphatic carbocycles. The summed E-state index contributed by atoms with van der Waals surface area (Å²) in [6.45, 7) is 0.429. The number of ether oxygens (including phenoxy) is 2. The summed E-state index contributed by atoms with van der Waals surface area (Å²) in [5, 5.41) is 14.8. The fraction of sp³-hybridized carbons (Fsp3) is 0.0952. The van der Waals surface area contributed by atoms with Crippen LogP contribution in [0.15, 0.2) is 76.3 Å². The number of rotatable bonds is 8. The third kappa shape index (κ3) is 5.79. The minimum atomic E-state index is -0.445. The number of nitrogens with one attached hydrogen (secondary N) is 1. The molecule has 0 radical (unpaired) electrons. The van der Waals surface area contributed by atoms with Crippen LogP contribution in [0.25, 0.3) is 0 Å². The Morgan fingerprint density at radius 3 is 2.45 bits per heavy atom. The summed E-state index contributed by atoms with van der Waals surface area (Å²) < 4.78 is 12.3. The van der Waals surface area contributed by atoms with Crippen molar-refractivity contribution in [1.29, 1.82) is 0 Å². The molecule has 8 heteroatoms. The zero-order valence-corrected chi connectivity index (χ0v) is 17.1. The van der Waals surface area contributed by atoms with Crippen molar-refractivity contribution in [3.63, 3.8) is 0 Å². The Morgan fingerprint density at radius 1 is 1.07 bits per heavy atom. The molecule has 0 heterocycles. The predicted molar refractivity (Wildman–Crippen MR) is 116 cm³/mol. The second kappa shape index (κ2) is 9.70. The Bertz CT molecular complexity index is 1010. The van der Waals surface area contributed by atoms with Gasteiger partial charge >= 0.3 is 0 Å². The molecule has 148 valence electrons. The summed E-state index contributed by atoms with van der Waals surface area (Å²) >= 11 is 3.41.